The summed E-state index contributed by atoms with van der Waals surface area (Å²) < 4.78 is 0. The van der Waals surface area contributed by atoms with E-state index < -0.39 is 5.41 Å². The van der Waals surface area contributed by atoms with Crippen LogP contribution >= 0.6 is 11.3 Å². The van der Waals surface area contributed by atoms with Crippen molar-refractivity contribution in [3.05, 3.63) is 166 Å². The number of thiophene rings is 1. The molecule has 1 N–H and O–H groups in total. The van der Waals surface area contributed by atoms with E-state index in [1.54, 1.807) is 0 Å². The minimum Gasteiger partial charge on any atom is -0.390 e. The summed E-state index contributed by atoms with van der Waals surface area (Å²) >= 11 is 1.93. The Bertz CT molecular complexity index is 1650. The van der Waals surface area contributed by atoms with Gasteiger partial charge in [0.1, 0.15) is 0 Å². The molecule has 0 saturated carbocycles. The molecule has 0 amide bonds. The highest BCUT2D eigenvalue weighted by atomic mass is 32.1. The molecule has 2 aliphatic rings. The number of rotatable bonds is 9. The van der Waals surface area contributed by atoms with E-state index >= 15 is 0 Å². The summed E-state index contributed by atoms with van der Waals surface area (Å²) in [6.07, 6.45) is 23.0. The van der Waals surface area contributed by atoms with Gasteiger partial charge >= 0.3 is 0 Å². The summed E-state index contributed by atoms with van der Waals surface area (Å²) in [5.41, 5.74) is 11.9. The highest BCUT2D eigenvalue weighted by Crippen LogP contribution is 2.57. The van der Waals surface area contributed by atoms with Gasteiger partial charge in [0.05, 0.1) is 5.41 Å². The Labute approximate surface area is 243 Å². The van der Waals surface area contributed by atoms with E-state index in [0.29, 0.717) is 0 Å². The van der Waals surface area contributed by atoms with Crippen molar-refractivity contribution in [2.75, 3.05) is 7.05 Å². The molecule has 200 valence electrons. The third-order valence-corrected chi connectivity index (χ3v) is 9.21. The molecule has 1 heterocycles. The Morgan fingerprint density at radius 1 is 0.975 bits per heavy atom. The quantitative estimate of drug-likeness (QED) is 0.267. The van der Waals surface area contributed by atoms with Crippen molar-refractivity contribution in [3.8, 4) is 11.1 Å². The fourth-order valence-corrected chi connectivity index (χ4v) is 7.62. The lowest BCUT2D eigenvalue weighted by atomic mass is 9.68. The van der Waals surface area contributed by atoms with Crippen molar-refractivity contribution < 1.29 is 0 Å². The van der Waals surface area contributed by atoms with Gasteiger partial charge in [-0.15, -0.1) is 11.3 Å². The molecule has 0 saturated heterocycles. The smallest absolute Gasteiger partial charge is 0.0860 e. The summed E-state index contributed by atoms with van der Waals surface area (Å²) in [5.74, 6) is 0. The molecular weight excluding hydrogens is 502 g/mol. The molecule has 3 aromatic rings. The third-order valence-electron chi connectivity index (χ3n) is 8.03. The standard InChI is InChI=1S/C38H37NS/c1-7-11-17-28(10-4)38(36(39-6)16-9-3)33-21-14-13-19-31(33)32-24-23-27(25-34(32)38)30-20-15-22-35-37(30)29(18-12-8-2)26(5)40-35/h7-14,16-21,23-25,39H,2-4,15,22H2,1,5-6H3/b11-7-,18-12-,28-17+,36-16-. The summed E-state index contributed by atoms with van der Waals surface area (Å²) in [6, 6.07) is 15.8. The molecule has 1 aromatic heterocycles. The van der Waals surface area contributed by atoms with Crippen molar-refractivity contribution in [1.29, 1.82) is 0 Å². The second-order valence-electron chi connectivity index (χ2n) is 10.1. The molecule has 2 heteroatoms. The zero-order valence-corrected chi connectivity index (χ0v) is 24.6. The Hall–Kier alpha value is -4.14. The van der Waals surface area contributed by atoms with Crippen LogP contribution in [-0.2, 0) is 11.8 Å². The van der Waals surface area contributed by atoms with Crippen LogP contribution in [-0.4, -0.2) is 7.05 Å². The van der Waals surface area contributed by atoms with Crippen molar-refractivity contribution in [3.63, 3.8) is 0 Å². The number of hydrogen-bond acceptors (Lipinski definition) is 2. The number of aryl methyl sites for hydroxylation is 2. The first-order valence-electron chi connectivity index (χ1n) is 13.9. The van der Waals surface area contributed by atoms with Crippen LogP contribution in [0.2, 0.25) is 0 Å². The second-order valence-corrected chi connectivity index (χ2v) is 11.4. The summed E-state index contributed by atoms with van der Waals surface area (Å²) in [6.45, 7) is 16.6. The molecule has 2 aliphatic carbocycles. The van der Waals surface area contributed by atoms with E-state index in [-0.39, 0.29) is 0 Å². The molecule has 2 aromatic carbocycles. The highest BCUT2D eigenvalue weighted by Gasteiger charge is 2.48. The van der Waals surface area contributed by atoms with Crippen LogP contribution in [0.15, 0.2) is 128 Å². The summed E-state index contributed by atoms with van der Waals surface area (Å²) in [4.78, 5) is 2.82. The lowest BCUT2D eigenvalue weighted by Gasteiger charge is -2.36. The molecule has 0 spiro atoms. The van der Waals surface area contributed by atoms with Crippen LogP contribution in [0.1, 0.15) is 50.9 Å². The van der Waals surface area contributed by atoms with Crippen molar-refractivity contribution in [2.45, 2.75) is 32.1 Å². The van der Waals surface area contributed by atoms with Gasteiger partial charge in [0, 0.05) is 28.1 Å². The van der Waals surface area contributed by atoms with E-state index in [0.717, 1.165) is 24.1 Å². The Kier molecular flexibility index (Phi) is 7.91. The van der Waals surface area contributed by atoms with E-state index in [1.165, 1.54) is 54.3 Å². The van der Waals surface area contributed by atoms with Gasteiger partial charge in [-0.3, -0.25) is 0 Å². The molecule has 0 aliphatic heterocycles. The van der Waals surface area contributed by atoms with Crippen LogP contribution in [0, 0.1) is 6.92 Å². The fraction of sp³-hybridized carbons (Fsp3) is 0.158. The van der Waals surface area contributed by atoms with Gasteiger partial charge in [-0.05, 0) is 83.4 Å². The molecule has 1 unspecified atom stereocenters. The monoisotopic (exact) mass is 539 g/mol. The molecule has 40 heavy (non-hydrogen) atoms. The average Bonchev–Trinajstić information content (AvgIpc) is 3.46. The number of likely N-dealkylation sites (N-methyl/N-ethyl adjacent to an activating group) is 1. The van der Waals surface area contributed by atoms with Gasteiger partial charge < -0.3 is 5.32 Å². The van der Waals surface area contributed by atoms with Crippen LogP contribution < -0.4 is 5.32 Å². The van der Waals surface area contributed by atoms with E-state index in [1.807, 2.05) is 49.6 Å². The predicted octanol–water partition coefficient (Wildman–Crippen LogP) is 9.88. The number of nitrogens with one attached hydrogen (secondary N) is 1. The van der Waals surface area contributed by atoms with Gasteiger partial charge in [0.15, 0.2) is 0 Å². The second kappa shape index (κ2) is 11.5. The molecule has 5 rings (SSSR count). The van der Waals surface area contributed by atoms with Gasteiger partial charge in [-0.1, -0.05) is 111 Å². The van der Waals surface area contributed by atoms with E-state index in [9.17, 15) is 0 Å². The SMILES string of the molecule is C=C/C=C\c1c(C)sc2c1C(c1ccc3c(c1)C(/C(=C/C=C)NC)(/C(C=C)=C/C=C\C)c1ccccc1-3)=CCC2. The topological polar surface area (TPSA) is 12.0 Å². The molecular formula is C38H37NS. The third kappa shape index (κ3) is 4.24. The largest absolute Gasteiger partial charge is 0.390 e. The first-order chi connectivity index (χ1) is 19.6. The van der Waals surface area contributed by atoms with E-state index in [2.05, 4.69) is 111 Å². The Morgan fingerprint density at radius 2 is 1.77 bits per heavy atom. The van der Waals surface area contributed by atoms with Gasteiger partial charge in [0.25, 0.3) is 0 Å². The zero-order chi connectivity index (χ0) is 28.3. The zero-order valence-electron chi connectivity index (χ0n) is 23.8. The van der Waals surface area contributed by atoms with Crippen LogP contribution in [0.4, 0.5) is 0 Å². The minimum atomic E-state index is -0.555. The molecule has 1 nitrogen and oxygen atoms in total. The Morgan fingerprint density at radius 3 is 2.50 bits per heavy atom. The van der Waals surface area contributed by atoms with E-state index in [4.69, 9.17) is 0 Å². The maximum absolute atomic E-state index is 4.30. The highest BCUT2D eigenvalue weighted by molar-refractivity contribution is 7.12. The van der Waals surface area contributed by atoms with Gasteiger partial charge in [-0.2, -0.15) is 0 Å². The normalized spacial score (nSPS) is 18.3. The lowest BCUT2D eigenvalue weighted by Crippen LogP contribution is -2.35. The lowest BCUT2D eigenvalue weighted by molar-refractivity contribution is 0.681. The van der Waals surface area contributed by atoms with Gasteiger partial charge in [-0.25, -0.2) is 0 Å². The van der Waals surface area contributed by atoms with Crippen LogP contribution in [0.5, 0.6) is 0 Å². The summed E-state index contributed by atoms with van der Waals surface area (Å²) in [5, 5.41) is 3.55. The number of hydrogen-bond donors (Lipinski definition) is 1. The van der Waals surface area contributed by atoms with Crippen molar-refractivity contribution in [2.24, 2.45) is 0 Å². The number of fused-ring (bicyclic) bond motifs is 4. The van der Waals surface area contributed by atoms with Gasteiger partial charge in [0.2, 0.25) is 0 Å². The number of allylic oxidation sites excluding steroid dienone is 10. The van der Waals surface area contributed by atoms with Crippen LogP contribution in [0.25, 0.3) is 22.8 Å². The van der Waals surface area contributed by atoms with Crippen molar-refractivity contribution >= 4 is 23.0 Å². The fourth-order valence-electron chi connectivity index (χ4n) is 6.43. The predicted molar refractivity (Wildman–Crippen MR) is 177 cm³/mol. The van der Waals surface area contributed by atoms with Crippen LogP contribution in [0.3, 0.4) is 0 Å². The molecule has 0 radical (unpaired) electrons. The van der Waals surface area contributed by atoms with Crippen molar-refractivity contribution in [1.82, 2.24) is 5.32 Å². The maximum atomic E-state index is 4.30. The maximum Gasteiger partial charge on any atom is 0.0860 e. The molecule has 0 fully saturated rings. The molecule has 1 atom stereocenters. The Balaban J connectivity index is 1.84. The molecule has 0 bridgehead atoms. The number of benzene rings is 2. The first-order valence-corrected chi connectivity index (χ1v) is 14.7. The summed E-state index contributed by atoms with van der Waals surface area (Å²) in [7, 11) is 2.00. The average molecular weight is 540 g/mol. The minimum absolute atomic E-state index is 0.555. The first kappa shape index (κ1) is 27.4.